The standard InChI is InChI=1S/C18H22N4O4.ClH/c19-20-12-13-1-3-14(4-2-13)15-11-18(26-21-15)7-9-22(10-8-18)16(23)5-6-17(24)25;/h1-4,12H,5-11,19H2,(H,24,25);1H. The molecule has 2 aliphatic heterocycles. The molecule has 0 aromatic heterocycles. The lowest BCUT2D eigenvalue weighted by molar-refractivity contribution is -0.143. The predicted octanol–water partition coefficient (Wildman–Crippen LogP) is 1.75. The molecule has 1 fully saturated rings. The molecule has 9 heteroatoms. The highest BCUT2D eigenvalue weighted by molar-refractivity contribution is 6.02. The average molecular weight is 395 g/mol. The Morgan fingerprint density at radius 1 is 1.26 bits per heavy atom. The lowest BCUT2D eigenvalue weighted by Gasteiger charge is -2.37. The molecule has 1 aromatic rings. The summed E-state index contributed by atoms with van der Waals surface area (Å²) in [6.07, 6.45) is 3.58. The molecule has 0 atom stereocenters. The number of aliphatic carboxylic acids is 1. The van der Waals surface area contributed by atoms with E-state index in [1.165, 1.54) is 0 Å². The minimum Gasteiger partial charge on any atom is -0.481 e. The molecule has 2 heterocycles. The molecule has 3 N–H and O–H groups in total. The van der Waals surface area contributed by atoms with E-state index in [1.54, 1.807) is 11.1 Å². The van der Waals surface area contributed by atoms with Crippen molar-refractivity contribution >= 4 is 36.2 Å². The Bertz CT molecular complexity index is 740. The Kier molecular flexibility index (Phi) is 6.79. The third-order valence-electron chi connectivity index (χ3n) is 4.89. The average Bonchev–Trinajstić information content (AvgIpc) is 3.05. The minimum atomic E-state index is -0.951. The molecule has 3 rings (SSSR count). The molecular formula is C18H23ClN4O4. The zero-order valence-electron chi connectivity index (χ0n) is 14.8. The van der Waals surface area contributed by atoms with Gasteiger partial charge < -0.3 is 20.7 Å². The van der Waals surface area contributed by atoms with Crippen molar-refractivity contribution in [3.05, 3.63) is 35.4 Å². The lowest BCUT2D eigenvalue weighted by Crippen LogP contribution is -2.46. The first-order valence-electron chi connectivity index (χ1n) is 8.60. The molecule has 1 aromatic carbocycles. The molecule has 1 saturated heterocycles. The maximum absolute atomic E-state index is 12.1. The third-order valence-corrected chi connectivity index (χ3v) is 4.89. The van der Waals surface area contributed by atoms with Crippen molar-refractivity contribution in [1.29, 1.82) is 0 Å². The van der Waals surface area contributed by atoms with E-state index in [2.05, 4.69) is 10.3 Å². The number of hydrogen-bond donors (Lipinski definition) is 2. The van der Waals surface area contributed by atoms with Crippen LogP contribution in [-0.4, -0.2) is 52.5 Å². The van der Waals surface area contributed by atoms with Crippen LogP contribution >= 0.6 is 12.4 Å². The maximum atomic E-state index is 12.1. The SMILES string of the molecule is Cl.NN=Cc1ccc(C2=NOC3(CCN(C(=O)CCC(=O)O)CC3)C2)cc1. The lowest BCUT2D eigenvalue weighted by atomic mass is 9.85. The molecule has 27 heavy (non-hydrogen) atoms. The van der Waals surface area contributed by atoms with Crippen LogP contribution in [0.3, 0.4) is 0 Å². The number of carboxylic acid groups (broad SMARTS) is 1. The van der Waals surface area contributed by atoms with Crippen LogP contribution < -0.4 is 5.84 Å². The first kappa shape index (κ1) is 20.7. The molecule has 8 nitrogen and oxygen atoms in total. The van der Waals surface area contributed by atoms with Crippen molar-refractivity contribution in [1.82, 2.24) is 4.90 Å². The third kappa shape index (κ3) is 4.97. The molecule has 2 aliphatic rings. The van der Waals surface area contributed by atoms with Crippen LogP contribution in [-0.2, 0) is 14.4 Å². The number of piperidine rings is 1. The van der Waals surface area contributed by atoms with Gasteiger partial charge in [0, 0.05) is 38.8 Å². The summed E-state index contributed by atoms with van der Waals surface area (Å²) in [6, 6.07) is 7.76. The second-order valence-corrected chi connectivity index (χ2v) is 6.66. The summed E-state index contributed by atoms with van der Waals surface area (Å²) >= 11 is 0. The monoisotopic (exact) mass is 394 g/mol. The van der Waals surface area contributed by atoms with Crippen LogP contribution in [0.5, 0.6) is 0 Å². The number of oxime groups is 1. The Hall–Kier alpha value is -2.61. The summed E-state index contributed by atoms with van der Waals surface area (Å²) in [5.41, 5.74) is 2.44. The molecular weight excluding hydrogens is 372 g/mol. The number of hydrazone groups is 1. The molecule has 0 bridgehead atoms. The Morgan fingerprint density at radius 3 is 2.52 bits per heavy atom. The summed E-state index contributed by atoms with van der Waals surface area (Å²) in [4.78, 5) is 30.1. The number of halogens is 1. The largest absolute Gasteiger partial charge is 0.481 e. The highest BCUT2D eigenvalue weighted by Gasteiger charge is 2.43. The fourth-order valence-corrected chi connectivity index (χ4v) is 3.33. The van der Waals surface area contributed by atoms with E-state index < -0.39 is 5.97 Å². The number of hydrogen-bond acceptors (Lipinski definition) is 6. The van der Waals surface area contributed by atoms with Crippen molar-refractivity contribution in [2.45, 2.75) is 37.7 Å². The minimum absolute atomic E-state index is 0. The molecule has 0 radical (unpaired) electrons. The van der Waals surface area contributed by atoms with E-state index in [4.69, 9.17) is 15.8 Å². The van der Waals surface area contributed by atoms with Gasteiger partial charge in [-0.25, -0.2) is 0 Å². The van der Waals surface area contributed by atoms with Crippen LogP contribution in [0.15, 0.2) is 34.5 Å². The van der Waals surface area contributed by atoms with E-state index >= 15 is 0 Å². The number of likely N-dealkylation sites (tertiary alicyclic amines) is 1. The number of nitrogens with two attached hydrogens (primary N) is 1. The van der Waals surface area contributed by atoms with Gasteiger partial charge in [0.2, 0.25) is 5.91 Å². The molecule has 0 unspecified atom stereocenters. The predicted molar refractivity (Wildman–Crippen MR) is 103 cm³/mol. The van der Waals surface area contributed by atoms with E-state index in [0.29, 0.717) is 32.4 Å². The van der Waals surface area contributed by atoms with Gasteiger partial charge in [-0.15, -0.1) is 12.4 Å². The number of carbonyl (C=O) groups excluding carboxylic acids is 1. The second kappa shape index (κ2) is 8.85. The van der Waals surface area contributed by atoms with E-state index in [1.807, 2.05) is 24.3 Å². The van der Waals surface area contributed by atoms with Crippen LogP contribution in [0.25, 0.3) is 0 Å². The topological polar surface area (TPSA) is 118 Å². The number of rotatable bonds is 5. The van der Waals surface area contributed by atoms with Gasteiger partial charge in [-0.3, -0.25) is 9.59 Å². The van der Waals surface area contributed by atoms with Gasteiger partial charge >= 0.3 is 5.97 Å². The summed E-state index contributed by atoms with van der Waals surface area (Å²) < 4.78 is 0. The van der Waals surface area contributed by atoms with Crippen molar-refractivity contribution in [2.24, 2.45) is 16.1 Å². The fourth-order valence-electron chi connectivity index (χ4n) is 3.33. The van der Waals surface area contributed by atoms with Gasteiger partial charge in [0.15, 0.2) is 0 Å². The first-order valence-corrected chi connectivity index (χ1v) is 8.60. The fraction of sp³-hybridized carbons (Fsp3) is 0.444. The van der Waals surface area contributed by atoms with Gasteiger partial charge in [-0.1, -0.05) is 29.4 Å². The highest BCUT2D eigenvalue weighted by Crippen LogP contribution is 2.36. The van der Waals surface area contributed by atoms with Crippen LogP contribution in [0.1, 0.15) is 43.2 Å². The van der Waals surface area contributed by atoms with Gasteiger partial charge in [0.05, 0.1) is 18.3 Å². The number of benzene rings is 1. The number of nitrogens with zero attached hydrogens (tertiary/aromatic N) is 3. The van der Waals surface area contributed by atoms with Crippen molar-refractivity contribution in [2.75, 3.05) is 13.1 Å². The second-order valence-electron chi connectivity index (χ2n) is 6.66. The van der Waals surface area contributed by atoms with Crippen LogP contribution in [0, 0.1) is 0 Å². The smallest absolute Gasteiger partial charge is 0.303 e. The zero-order chi connectivity index (χ0) is 18.6. The molecule has 1 spiro atoms. The van der Waals surface area contributed by atoms with Gasteiger partial charge in [0.1, 0.15) is 5.60 Å². The summed E-state index contributed by atoms with van der Waals surface area (Å²) in [5, 5.41) is 16.5. The Balaban J connectivity index is 0.00000261. The van der Waals surface area contributed by atoms with Crippen LogP contribution in [0.2, 0.25) is 0 Å². The summed E-state index contributed by atoms with van der Waals surface area (Å²) in [6.45, 7) is 1.13. The zero-order valence-corrected chi connectivity index (χ0v) is 15.7. The quantitative estimate of drug-likeness (QED) is 0.448. The normalized spacial score (nSPS) is 18.1. The van der Waals surface area contributed by atoms with Gasteiger partial charge in [-0.05, 0) is 11.1 Å². The van der Waals surface area contributed by atoms with E-state index in [-0.39, 0.29) is 36.8 Å². The number of carbonyl (C=O) groups is 2. The van der Waals surface area contributed by atoms with E-state index in [0.717, 1.165) is 16.8 Å². The first-order chi connectivity index (χ1) is 12.5. The summed E-state index contributed by atoms with van der Waals surface area (Å²) in [5.74, 6) is 4.09. The Morgan fingerprint density at radius 2 is 1.93 bits per heavy atom. The van der Waals surface area contributed by atoms with E-state index in [9.17, 15) is 9.59 Å². The number of amides is 1. The molecule has 1 amide bonds. The summed E-state index contributed by atoms with van der Waals surface area (Å²) in [7, 11) is 0. The van der Waals surface area contributed by atoms with Crippen LogP contribution in [0.4, 0.5) is 0 Å². The number of carboxylic acids is 1. The molecule has 0 saturated carbocycles. The highest BCUT2D eigenvalue weighted by atomic mass is 35.5. The van der Waals surface area contributed by atoms with Crippen molar-refractivity contribution in [3.63, 3.8) is 0 Å². The van der Waals surface area contributed by atoms with Gasteiger partial charge in [0.25, 0.3) is 0 Å². The van der Waals surface area contributed by atoms with Gasteiger partial charge in [-0.2, -0.15) is 5.10 Å². The van der Waals surface area contributed by atoms with Crippen molar-refractivity contribution in [3.8, 4) is 0 Å². The molecule has 0 aliphatic carbocycles. The van der Waals surface area contributed by atoms with Crippen molar-refractivity contribution < 1.29 is 19.5 Å². The maximum Gasteiger partial charge on any atom is 0.303 e. The molecule has 146 valence electrons. The Labute approximate surface area is 163 Å².